The molecule has 0 unspecified atom stereocenters. The number of rotatable bonds is 4. The van der Waals surface area contributed by atoms with E-state index in [2.05, 4.69) is 10.4 Å². The molecule has 6 nitrogen and oxygen atoms in total. The Hall–Kier alpha value is -3.88. The molecule has 0 bridgehead atoms. The molecule has 2 aromatic carbocycles. The van der Waals surface area contributed by atoms with Crippen molar-refractivity contribution in [2.24, 2.45) is 0 Å². The Morgan fingerprint density at radius 3 is 2.49 bits per heavy atom. The Labute approximate surface area is 200 Å². The number of benzene rings is 2. The van der Waals surface area contributed by atoms with Crippen LogP contribution in [0.5, 0.6) is 0 Å². The van der Waals surface area contributed by atoms with Gasteiger partial charge in [-0.25, -0.2) is 4.98 Å². The molecule has 1 fully saturated rings. The van der Waals surface area contributed by atoms with Crippen LogP contribution in [0, 0.1) is 6.92 Å². The number of aromatic nitrogens is 3. The standard InChI is InChI=1S/C26H24F3N5O/c1-17-16-30-34-23(15-22(32-24(17)34)18-6-3-2-4-7-18)31-21-10-12-33(13-11-21)25(35)19-8-5-9-20(14-19)26(27,28)29/h2-9,14-16,21,31H,10-13H2,1H3. The molecular weight excluding hydrogens is 455 g/mol. The number of likely N-dealkylation sites (tertiary alicyclic amines) is 1. The number of amides is 1. The molecule has 9 heteroatoms. The van der Waals surface area contributed by atoms with E-state index < -0.39 is 11.7 Å². The fraction of sp³-hybridized carbons (Fsp3) is 0.269. The number of piperidine rings is 1. The molecule has 35 heavy (non-hydrogen) atoms. The van der Waals surface area contributed by atoms with Gasteiger partial charge >= 0.3 is 6.18 Å². The van der Waals surface area contributed by atoms with Gasteiger partial charge in [0.25, 0.3) is 5.91 Å². The van der Waals surface area contributed by atoms with E-state index in [4.69, 9.17) is 4.98 Å². The molecular formula is C26H24F3N5O. The van der Waals surface area contributed by atoms with E-state index in [1.165, 1.54) is 12.1 Å². The Morgan fingerprint density at radius 1 is 1.03 bits per heavy atom. The summed E-state index contributed by atoms with van der Waals surface area (Å²) < 4.78 is 40.9. The zero-order chi connectivity index (χ0) is 24.6. The number of carbonyl (C=O) groups excluding carboxylic acids is 1. The Kier molecular flexibility index (Phi) is 5.92. The quantitative estimate of drug-likeness (QED) is 0.423. The van der Waals surface area contributed by atoms with Crippen LogP contribution in [0.1, 0.15) is 34.3 Å². The summed E-state index contributed by atoms with van der Waals surface area (Å²) in [6.07, 6.45) is -1.38. The molecule has 0 atom stereocenters. The number of nitrogens with zero attached hydrogens (tertiary/aromatic N) is 4. The summed E-state index contributed by atoms with van der Waals surface area (Å²) in [6, 6.07) is 16.6. The van der Waals surface area contributed by atoms with Gasteiger partial charge < -0.3 is 10.2 Å². The highest BCUT2D eigenvalue weighted by Crippen LogP contribution is 2.30. The maximum atomic E-state index is 13.0. The van der Waals surface area contributed by atoms with Crippen molar-refractivity contribution >= 4 is 17.4 Å². The van der Waals surface area contributed by atoms with Gasteiger partial charge in [0, 0.05) is 41.9 Å². The first kappa shape index (κ1) is 22.9. The van der Waals surface area contributed by atoms with Crippen LogP contribution in [0.25, 0.3) is 16.9 Å². The Morgan fingerprint density at radius 2 is 1.77 bits per heavy atom. The second-order valence-corrected chi connectivity index (χ2v) is 8.75. The molecule has 1 N–H and O–H groups in total. The molecule has 0 aliphatic carbocycles. The lowest BCUT2D eigenvalue weighted by Gasteiger charge is -2.33. The average Bonchev–Trinajstić information content (AvgIpc) is 3.25. The number of carbonyl (C=O) groups is 1. The van der Waals surface area contributed by atoms with Gasteiger partial charge in [0.2, 0.25) is 0 Å². The summed E-state index contributed by atoms with van der Waals surface area (Å²) in [7, 11) is 0. The molecule has 0 saturated carbocycles. The third-order valence-electron chi connectivity index (χ3n) is 6.29. The summed E-state index contributed by atoms with van der Waals surface area (Å²) in [5, 5.41) is 8.01. The molecule has 0 spiro atoms. The fourth-order valence-electron chi connectivity index (χ4n) is 4.38. The first-order valence-corrected chi connectivity index (χ1v) is 11.4. The lowest BCUT2D eigenvalue weighted by molar-refractivity contribution is -0.137. The van der Waals surface area contributed by atoms with Crippen molar-refractivity contribution in [3.8, 4) is 11.3 Å². The maximum Gasteiger partial charge on any atom is 0.416 e. The molecule has 3 heterocycles. The van der Waals surface area contributed by atoms with Gasteiger partial charge in [0.15, 0.2) is 5.65 Å². The van der Waals surface area contributed by atoms with Crippen LogP contribution in [0.2, 0.25) is 0 Å². The highest BCUT2D eigenvalue weighted by atomic mass is 19.4. The molecule has 5 rings (SSSR count). The highest BCUT2D eigenvalue weighted by Gasteiger charge is 2.32. The van der Waals surface area contributed by atoms with Crippen LogP contribution in [0.4, 0.5) is 19.0 Å². The Bertz CT molecular complexity index is 1360. The van der Waals surface area contributed by atoms with Crippen molar-refractivity contribution in [3.63, 3.8) is 0 Å². The minimum atomic E-state index is -4.48. The number of aryl methyl sites for hydroxylation is 1. The number of hydrogen-bond acceptors (Lipinski definition) is 4. The molecule has 1 aliphatic heterocycles. The third kappa shape index (κ3) is 4.71. The zero-order valence-electron chi connectivity index (χ0n) is 19.1. The van der Waals surface area contributed by atoms with Gasteiger partial charge in [-0.2, -0.15) is 22.8 Å². The molecule has 0 radical (unpaired) electrons. The summed E-state index contributed by atoms with van der Waals surface area (Å²) in [4.78, 5) is 19.2. The number of fused-ring (bicyclic) bond motifs is 1. The summed E-state index contributed by atoms with van der Waals surface area (Å²) >= 11 is 0. The minimum Gasteiger partial charge on any atom is -0.367 e. The predicted octanol–water partition coefficient (Wildman–Crippen LogP) is 5.44. The van der Waals surface area contributed by atoms with Crippen LogP contribution in [0.15, 0.2) is 66.9 Å². The van der Waals surface area contributed by atoms with Crippen molar-refractivity contribution in [2.45, 2.75) is 32.0 Å². The van der Waals surface area contributed by atoms with Crippen molar-refractivity contribution in [2.75, 3.05) is 18.4 Å². The molecule has 4 aromatic rings. The van der Waals surface area contributed by atoms with Crippen LogP contribution in [-0.4, -0.2) is 44.5 Å². The first-order chi connectivity index (χ1) is 16.8. The minimum absolute atomic E-state index is 0.0570. The topological polar surface area (TPSA) is 62.5 Å². The third-order valence-corrected chi connectivity index (χ3v) is 6.29. The summed E-state index contributed by atoms with van der Waals surface area (Å²) in [5.41, 5.74) is 2.81. The van der Waals surface area contributed by atoms with E-state index in [9.17, 15) is 18.0 Å². The van der Waals surface area contributed by atoms with Crippen LogP contribution in [-0.2, 0) is 6.18 Å². The Balaban J connectivity index is 1.31. The maximum absolute atomic E-state index is 13.0. The van der Waals surface area contributed by atoms with Gasteiger partial charge in [-0.3, -0.25) is 4.79 Å². The summed E-state index contributed by atoms with van der Waals surface area (Å²) in [6.45, 7) is 2.86. The van der Waals surface area contributed by atoms with Gasteiger partial charge in [-0.05, 0) is 38.0 Å². The van der Waals surface area contributed by atoms with E-state index in [-0.39, 0.29) is 17.5 Å². The van der Waals surface area contributed by atoms with Gasteiger partial charge in [0.05, 0.1) is 17.5 Å². The normalized spacial score (nSPS) is 14.9. The lowest BCUT2D eigenvalue weighted by atomic mass is 10.0. The zero-order valence-corrected chi connectivity index (χ0v) is 19.1. The second-order valence-electron chi connectivity index (χ2n) is 8.75. The largest absolute Gasteiger partial charge is 0.416 e. The number of hydrogen-bond donors (Lipinski definition) is 1. The van der Waals surface area contributed by atoms with Crippen LogP contribution >= 0.6 is 0 Å². The van der Waals surface area contributed by atoms with Crippen molar-refractivity contribution in [1.29, 1.82) is 0 Å². The molecule has 2 aromatic heterocycles. The predicted molar refractivity (Wildman–Crippen MR) is 127 cm³/mol. The van der Waals surface area contributed by atoms with E-state index in [0.717, 1.165) is 40.4 Å². The van der Waals surface area contributed by atoms with E-state index in [1.54, 1.807) is 15.6 Å². The summed E-state index contributed by atoms with van der Waals surface area (Å²) in [5.74, 6) is 0.430. The number of halogens is 3. The van der Waals surface area contributed by atoms with Crippen LogP contribution in [0.3, 0.4) is 0 Å². The number of nitrogens with one attached hydrogen (secondary N) is 1. The van der Waals surface area contributed by atoms with E-state index in [1.807, 2.05) is 43.3 Å². The highest BCUT2D eigenvalue weighted by molar-refractivity contribution is 5.94. The molecule has 1 amide bonds. The lowest BCUT2D eigenvalue weighted by Crippen LogP contribution is -2.42. The SMILES string of the molecule is Cc1cnn2c(NC3CCN(C(=O)c4cccc(C(F)(F)F)c4)CC3)cc(-c3ccccc3)nc12. The van der Waals surface area contributed by atoms with Crippen LogP contribution < -0.4 is 5.32 Å². The fourth-order valence-corrected chi connectivity index (χ4v) is 4.38. The van der Waals surface area contributed by atoms with Gasteiger partial charge in [-0.15, -0.1) is 0 Å². The first-order valence-electron chi connectivity index (χ1n) is 11.4. The molecule has 1 saturated heterocycles. The number of alkyl halides is 3. The molecule has 1 aliphatic rings. The second kappa shape index (κ2) is 9.05. The van der Waals surface area contributed by atoms with E-state index in [0.29, 0.717) is 25.9 Å². The van der Waals surface area contributed by atoms with Gasteiger partial charge in [-0.1, -0.05) is 36.4 Å². The van der Waals surface area contributed by atoms with Gasteiger partial charge in [0.1, 0.15) is 5.82 Å². The van der Waals surface area contributed by atoms with Crippen molar-refractivity contribution in [3.05, 3.63) is 83.6 Å². The monoisotopic (exact) mass is 479 g/mol. The van der Waals surface area contributed by atoms with Crippen molar-refractivity contribution in [1.82, 2.24) is 19.5 Å². The van der Waals surface area contributed by atoms with Crippen molar-refractivity contribution < 1.29 is 18.0 Å². The molecule has 180 valence electrons. The average molecular weight is 480 g/mol. The number of anilines is 1. The smallest absolute Gasteiger partial charge is 0.367 e. The van der Waals surface area contributed by atoms with E-state index >= 15 is 0 Å².